The third-order valence-corrected chi connectivity index (χ3v) is 6.78. The highest BCUT2D eigenvalue weighted by atomic mass is 32.1. The molecule has 2 heterocycles. The first kappa shape index (κ1) is 20.8. The van der Waals surface area contributed by atoms with Crippen molar-refractivity contribution in [2.45, 2.75) is 51.6 Å². The van der Waals surface area contributed by atoms with Gasteiger partial charge in [0.25, 0.3) is 0 Å². The van der Waals surface area contributed by atoms with Crippen LogP contribution >= 0.6 is 12.2 Å². The number of hydrogen-bond donors (Lipinski definition) is 1. The Morgan fingerprint density at radius 3 is 2.75 bits per heavy atom. The van der Waals surface area contributed by atoms with Crippen molar-refractivity contribution in [3.8, 4) is 0 Å². The van der Waals surface area contributed by atoms with Crippen LogP contribution in [-0.4, -0.2) is 42.6 Å². The number of nitrogens with one attached hydrogen (secondary N) is 1. The van der Waals surface area contributed by atoms with Gasteiger partial charge in [-0.15, -0.1) is 5.10 Å². The molecule has 0 aliphatic heterocycles. The van der Waals surface area contributed by atoms with Crippen LogP contribution in [0.5, 0.6) is 0 Å². The third-order valence-electron chi connectivity index (χ3n) is 6.40. The summed E-state index contributed by atoms with van der Waals surface area (Å²) in [5.41, 5.74) is 5.47. The molecule has 164 valence electrons. The summed E-state index contributed by atoms with van der Waals surface area (Å²) in [6.45, 7) is 3.64. The summed E-state index contributed by atoms with van der Waals surface area (Å²) in [5.74, 6) is 0. The van der Waals surface area contributed by atoms with Crippen LogP contribution in [-0.2, 0) is 13.0 Å². The van der Waals surface area contributed by atoms with Crippen molar-refractivity contribution in [2.24, 2.45) is 0 Å². The predicted molar refractivity (Wildman–Crippen MR) is 132 cm³/mol. The maximum absolute atomic E-state index is 5.90. The molecule has 0 bridgehead atoms. The first-order valence-corrected chi connectivity index (χ1v) is 11.8. The summed E-state index contributed by atoms with van der Waals surface area (Å²) < 4.78 is 1.85. The average molecular weight is 445 g/mol. The molecule has 1 aliphatic rings. The van der Waals surface area contributed by atoms with Gasteiger partial charge in [0.1, 0.15) is 0 Å². The molecule has 2 aromatic heterocycles. The first-order chi connectivity index (χ1) is 15.7. The fourth-order valence-electron chi connectivity index (χ4n) is 4.73. The zero-order valence-corrected chi connectivity index (χ0v) is 19.2. The van der Waals surface area contributed by atoms with Gasteiger partial charge in [-0.3, -0.25) is 0 Å². The molecule has 0 spiro atoms. The van der Waals surface area contributed by atoms with Gasteiger partial charge in [0.2, 0.25) is 0 Å². The molecule has 0 unspecified atom stereocenters. The highest BCUT2D eigenvalue weighted by molar-refractivity contribution is 7.80. The molecule has 4 aromatic rings. The van der Waals surface area contributed by atoms with E-state index >= 15 is 0 Å². The topological polar surface area (TPSA) is 58.3 Å². The van der Waals surface area contributed by atoms with E-state index in [0.29, 0.717) is 12.6 Å². The number of tetrazole rings is 1. The minimum Gasteiger partial charge on any atom is -0.362 e. The number of aromatic nitrogens is 4. The van der Waals surface area contributed by atoms with Crippen LogP contribution in [0.1, 0.15) is 42.4 Å². The van der Waals surface area contributed by atoms with E-state index < -0.39 is 0 Å². The molecule has 6 nitrogen and oxygen atoms in total. The fourth-order valence-corrected chi connectivity index (χ4v) is 5.04. The molecule has 0 radical (unpaired) electrons. The first-order valence-electron chi connectivity index (χ1n) is 11.4. The lowest BCUT2D eigenvalue weighted by molar-refractivity contribution is 0.304. The normalized spacial score (nSPS) is 14.3. The Kier molecular flexibility index (Phi) is 5.99. The number of pyridine rings is 1. The Balaban J connectivity index is 1.40. The van der Waals surface area contributed by atoms with Gasteiger partial charge in [-0.05, 0) is 72.6 Å². The zero-order valence-electron chi connectivity index (χ0n) is 18.4. The van der Waals surface area contributed by atoms with Crippen LogP contribution in [0.4, 0.5) is 0 Å². The number of rotatable bonds is 6. The molecule has 1 saturated carbocycles. The Hall–Kier alpha value is -3.06. The molecule has 0 atom stereocenters. The predicted octanol–water partition coefficient (Wildman–Crippen LogP) is 4.45. The maximum atomic E-state index is 5.90. The van der Waals surface area contributed by atoms with Crippen LogP contribution < -0.4 is 5.32 Å². The van der Waals surface area contributed by atoms with Gasteiger partial charge < -0.3 is 10.2 Å². The van der Waals surface area contributed by atoms with Crippen molar-refractivity contribution in [3.05, 3.63) is 71.3 Å². The van der Waals surface area contributed by atoms with E-state index in [1.807, 2.05) is 4.52 Å². The third kappa shape index (κ3) is 4.30. The lowest BCUT2D eigenvalue weighted by Crippen LogP contribution is -2.45. The molecular weight excluding hydrogens is 416 g/mol. The second kappa shape index (κ2) is 9.20. The summed E-state index contributed by atoms with van der Waals surface area (Å²) >= 11 is 5.90. The van der Waals surface area contributed by atoms with Crippen LogP contribution in [0, 0.1) is 6.92 Å². The number of nitrogens with zero attached hydrogens (tertiary/aromatic N) is 5. The van der Waals surface area contributed by atoms with E-state index in [1.165, 1.54) is 36.8 Å². The lowest BCUT2D eigenvalue weighted by atomic mass is 10.1. The van der Waals surface area contributed by atoms with Crippen LogP contribution in [0.3, 0.4) is 0 Å². The molecule has 1 N–H and O–H groups in total. The number of hydrogen-bond acceptors (Lipinski definition) is 4. The number of thiocarbonyl (C=S) groups is 1. The Labute approximate surface area is 193 Å². The zero-order chi connectivity index (χ0) is 21.9. The minimum absolute atomic E-state index is 0.455. The highest BCUT2D eigenvalue weighted by Gasteiger charge is 2.26. The van der Waals surface area contributed by atoms with E-state index in [4.69, 9.17) is 12.2 Å². The van der Waals surface area contributed by atoms with Crippen molar-refractivity contribution in [2.75, 3.05) is 6.54 Å². The average Bonchev–Trinajstić information content (AvgIpc) is 3.50. The smallest absolute Gasteiger partial charge is 0.184 e. The van der Waals surface area contributed by atoms with Crippen molar-refractivity contribution < 1.29 is 0 Å². The standard InChI is InChI=1S/C25H28N6S/c1-18-11-12-23-20(15-18)16-21(24-27-28-29-31(23)24)17-30(22-9-5-6-10-22)25(32)26-14-13-19-7-3-2-4-8-19/h2-4,7-8,11-12,15-16,22H,5-6,9-10,13-14,17H2,1H3,(H,26,32). The fraction of sp³-hybridized carbons (Fsp3) is 0.360. The molecular formula is C25H28N6S. The Morgan fingerprint density at radius 2 is 1.94 bits per heavy atom. The highest BCUT2D eigenvalue weighted by Crippen LogP contribution is 2.27. The summed E-state index contributed by atoms with van der Waals surface area (Å²) in [6.07, 6.45) is 5.81. The van der Waals surface area contributed by atoms with E-state index in [2.05, 4.69) is 87.3 Å². The quantitative estimate of drug-likeness (QED) is 0.444. The molecule has 1 fully saturated rings. The Bertz CT molecular complexity index is 1230. The monoisotopic (exact) mass is 444 g/mol. The molecule has 0 amide bonds. The largest absolute Gasteiger partial charge is 0.362 e. The van der Waals surface area contributed by atoms with Gasteiger partial charge in [-0.2, -0.15) is 4.52 Å². The molecule has 1 aliphatic carbocycles. The van der Waals surface area contributed by atoms with Gasteiger partial charge in [-0.25, -0.2) is 0 Å². The van der Waals surface area contributed by atoms with Gasteiger partial charge in [0.15, 0.2) is 10.8 Å². The number of aryl methyl sites for hydroxylation is 1. The maximum Gasteiger partial charge on any atom is 0.184 e. The molecule has 7 heteroatoms. The van der Waals surface area contributed by atoms with Gasteiger partial charge in [0.05, 0.1) is 5.52 Å². The second-order valence-electron chi connectivity index (χ2n) is 8.68. The molecule has 32 heavy (non-hydrogen) atoms. The Morgan fingerprint density at radius 1 is 1.12 bits per heavy atom. The van der Waals surface area contributed by atoms with E-state index in [1.54, 1.807) is 0 Å². The van der Waals surface area contributed by atoms with Crippen molar-refractivity contribution >= 4 is 33.9 Å². The number of benzene rings is 2. The van der Waals surface area contributed by atoms with E-state index in [9.17, 15) is 0 Å². The van der Waals surface area contributed by atoms with Gasteiger partial charge in [-0.1, -0.05) is 54.8 Å². The van der Waals surface area contributed by atoms with E-state index in [0.717, 1.165) is 40.2 Å². The van der Waals surface area contributed by atoms with Crippen molar-refractivity contribution in [1.29, 1.82) is 0 Å². The summed E-state index contributed by atoms with van der Waals surface area (Å²) in [4.78, 5) is 2.36. The number of fused-ring (bicyclic) bond motifs is 3. The second-order valence-corrected chi connectivity index (χ2v) is 9.07. The molecule has 5 rings (SSSR count). The summed E-state index contributed by atoms with van der Waals surface area (Å²) in [5, 5.41) is 18.1. The molecule has 2 aromatic carbocycles. The minimum atomic E-state index is 0.455. The lowest BCUT2D eigenvalue weighted by Gasteiger charge is -2.32. The van der Waals surface area contributed by atoms with Crippen molar-refractivity contribution in [3.63, 3.8) is 0 Å². The van der Waals surface area contributed by atoms with Crippen LogP contribution in [0.2, 0.25) is 0 Å². The molecule has 0 saturated heterocycles. The van der Waals surface area contributed by atoms with Crippen LogP contribution in [0.15, 0.2) is 54.6 Å². The SMILES string of the molecule is Cc1ccc2c(c1)cc(CN(C(=S)NCCc1ccccc1)C1CCCC1)c1nnnn12. The summed E-state index contributed by atoms with van der Waals surface area (Å²) in [6, 6.07) is 19.6. The van der Waals surface area contributed by atoms with Crippen molar-refractivity contribution in [1.82, 2.24) is 30.3 Å². The van der Waals surface area contributed by atoms with Gasteiger partial charge in [0, 0.05) is 30.1 Å². The van der Waals surface area contributed by atoms with E-state index in [-0.39, 0.29) is 0 Å². The van der Waals surface area contributed by atoms with Crippen LogP contribution in [0.25, 0.3) is 16.6 Å². The summed E-state index contributed by atoms with van der Waals surface area (Å²) in [7, 11) is 0. The van der Waals surface area contributed by atoms with Gasteiger partial charge >= 0.3 is 0 Å².